The summed E-state index contributed by atoms with van der Waals surface area (Å²) in [5.41, 5.74) is -2.54. The van der Waals surface area contributed by atoms with Crippen LogP contribution in [-0.4, -0.2) is 17.6 Å². The summed E-state index contributed by atoms with van der Waals surface area (Å²) in [5.74, 6) is -12.3. The first kappa shape index (κ1) is 20.2. The number of hydrogen-bond acceptors (Lipinski definition) is 2. The SMILES string of the molecule is Nc1c(Br)cc(C(F)(F)C(F)(F)C(F)(F)F)cc1SC(F)(F)F. The van der Waals surface area contributed by atoms with Crippen LogP contribution in [0.1, 0.15) is 5.56 Å². The standard InChI is InChI=1S/C10H4BrF10NS/c11-4-1-3(2-5(6(4)22)23-10(19,20)21)7(12,13)8(14,15)9(16,17)18/h1-2H,22H2. The van der Waals surface area contributed by atoms with Gasteiger partial charge in [-0.2, -0.15) is 43.9 Å². The van der Waals surface area contributed by atoms with Crippen LogP contribution in [0.3, 0.4) is 0 Å². The molecule has 0 bridgehead atoms. The zero-order valence-electron chi connectivity index (χ0n) is 10.3. The normalized spacial score (nSPS) is 14.2. The molecule has 2 N–H and O–H groups in total. The third-order valence-electron chi connectivity index (χ3n) is 2.43. The fraction of sp³-hybridized carbons (Fsp3) is 0.400. The van der Waals surface area contributed by atoms with E-state index < -0.39 is 55.9 Å². The number of nitrogens with two attached hydrogens (primary N) is 1. The molecule has 1 nitrogen and oxygen atoms in total. The van der Waals surface area contributed by atoms with E-state index in [0.717, 1.165) is 0 Å². The predicted octanol–water partition coefficient (Wildman–Crippen LogP) is 5.93. The predicted molar refractivity (Wildman–Crippen MR) is 65.4 cm³/mol. The fourth-order valence-electron chi connectivity index (χ4n) is 1.34. The van der Waals surface area contributed by atoms with E-state index in [1.807, 2.05) is 0 Å². The van der Waals surface area contributed by atoms with Gasteiger partial charge in [-0.15, -0.1) is 0 Å². The Morgan fingerprint density at radius 1 is 0.870 bits per heavy atom. The Morgan fingerprint density at radius 3 is 1.74 bits per heavy atom. The highest BCUT2D eigenvalue weighted by molar-refractivity contribution is 9.10. The van der Waals surface area contributed by atoms with Crippen LogP contribution in [0.15, 0.2) is 21.5 Å². The monoisotopic (exact) mass is 439 g/mol. The summed E-state index contributed by atoms with van der Waals surface area (Å²) in [6, 6.07) is -0.0483. The number of alkyl halides is 10. The molecule has 1 rings (SSSR count). The van der Waals surface area contributed by atoms with E-state index >= 15 is 0 Å². The molecule has 0 aromatic heterocycles. The lowest BCUT2D eigenvalue weighted by molar-refractivity contribution is -0.359. The number of benzene rings is 1. The van der Waals surface area contributed by atoms with Crippen molar-refractivity contribution in [3.05, 3.63) is 22.2 Å². The Morgan fingerprint density at radius 2 is 1.35 bits per heavy atom. The molecule has 0 saturated heterocycles. The molecule has 0 aliphatic carbocycles. The Kier molecular flexibility index (Phi) is 5.18. The summed E-state index contributed by atoms with van der Waals surface area (Å²) in [5, 5.41) is 0. The van der Waals surface area contributed by atoms with E-state index in [1.54, 1.807) is 0 Å². The van der Waals surface area contributed by atoms with E-state index in [9.17, 15) is 43.9 Å². The molecular formula is C10H4BrF10NS. The number of anilines is 1. The van der Waals surface area contributed by atoms with Gasteiger partial charge in [0, 0.05) is 14.9 Å². The van der Waals surface area contributed by atoms with Gasteiger partial charge in [0.2, 0.25) is 0 Å². The summed E-state index contributed by atoms with van der Waals surface area (Å²) >= 11 is 1.42. The van der Waals surface area contributed by atoms with Gasteiger partial charge in [-0.1, -0.05) is 0 Å². The Labute approximate surface area is 134 Å². The van der Waals surface area contributed by atoms with Crippen LogP contribution in [0.5, 0.6) is 0 Å². The topological polar surface area (TPSA) is 26.0 Å². The first-order chi connectivity index (χ1) is 10.0. The molecule has 0 aliphatic heterocycles. The van der Waals surface area contributed by atoms with Crippen molar-refractivity contribution in [2.75, 3.05) is 5.73 Å². The van der Waals surface area contributed by atoms with Gasteiger partial charge in [0.05, 0.1) is 5.69 Å². The van der Waals surface area contributed by atoms with E-state index in [2.05, 4.69) is 15.9 Å². The van der Waals surface area contributed by atoms with Gasteiger partial charge >= 0.3 is 23.5 Å². The van der Waals surface area contributed by atoms with Crippen LogP contribution in [0, 0.1) is 0 Å². The molecule has 13 heteroatoms. The third kappa shape index (κ3) is 3.98. The molecule has 0 heterocycles. The van der Waals surface area contributed by atoms with E-state index in [0.29, 0.717) is 0 Å². The molecule has 23 heavy (non-hydrogen) atoms. The van der Waals surface area contributed by atoms with Gasteiger partial charge in [-0.3, -0.25) is 0 Å². The maximum absolute atomic E-state index is 13.5. The highest BCUT2D eigenvalue weighted by Gasteiger charge is 2.73. The number of hydrogen-bond donors (Lipinski definition) is 1. The average molecular weight is 440 g/mol. The van der Waals surface area contributed by atoms with Gasteiger partial charge in [0.25, 0.3) is 0 Å². The molecule has 0 radical (unpaired) electrons. The van der Waals surface area contributed by atoms with Gasteiger partial charge in [-0.25, -0.2) is 0 Å². The van der Waals surface area contributed by atoms with Crippen molar-refractivity contribution >= 4 is 33.4 Å². The molecule has 0 fully saturated rings. The quantitative estimate of drug-likeness (QED) is 0.358. The minimum atomic E-state index is -6.61. The van der Waals surface area contributed by atoms with E-state index in [1.165, 1.54) is 0 Å². The highest BCUT2D eigenvalue weighted by atomic mass is 79.9. The molecular weight excluding hydrogens is 436 g/mol. The lowest BCUT2D eigenvalue weighted by Crippen LogP contribution is -2.50. The first-order valence-corrected chi connectivity index (χ1v) is 6.79. The van der Waals surface area contributed by atoms with Crippen LogP contribution in [0.2, 0.25) is 0 Å². The van der Waals surface area contributed by atoms with Gasteiger partial charge in [-0.05, 0) is 39.8 Å². The van der Waals surface area contributed by atoms with Gasteiger partial charge < -0.3 is 5.73 Å². The van der Waals surface area contributed by atoms with Crippen molar-refractivity contribution < 1.29 is 43.9 Å². The zero-order chi connectivity index (χ0) is 18.4. The molecule has 0 atom stereocenters. The maximum atomic E-state index is 13.5. The second kappa shape index (κ2) is 5.90. The molecule has 132 valence electrons. The minimum absolute atomic E-state index is 0.107. The smallest absolute Gasteiger partial charge is 0.397 e. The van der Waals surface area contributed by atoms with Crippen molar-refractivity contribution in [2.45, 2.75) is 28.4 Å². The molecule has 1 aromatic rings. The average Bonchev–Trinajstić information content (AvgIpc) is 2.31. The molecule has 0 amide bonds. The first-order valence-electron chi connectivity index (χ1n) is 5.18. The maximum Gasteiger partial charge on any atom is 0.460 e. The number of halogens is 11. The second-order valence-corrected chi connectivity index (χ2v) is 6.03. The highest BCUT2D eigenvalue weighted by Crippen LogP contribution is 2.53. The van der Waals surface area contributed by atoms with Crippen molar-refractivity contribution in [1.82, 2.24) is 0 Å². The number of thioether (sulfide) groups is 1. The van der Waals surface area contributed by atoms with Crippen LogP contribution < -0.4 is 5.73 Å². The summed E-state index contributed by atoms with van der Waals surface area (Å²) < 4.78 is 125. The Bertz CT molecular complexity index is 595. The number of nitrogen functional groups attached to an aromatic ring is 1. The summed E-state index contributed by atoms with van der Waals surface area (Å²) in [4.78, 5) is -1.14. The van der Waals surface area contributed by atoms with E-state index in [-0.39, 0.29) is 12.1 Å². The third-order valence-corrected chi connectivity index (χ3v) is 3.88. The lowest BCUT2D eigenvalue weighted by atomic mass is 10.0. The van der Waals surface area contributed by atoms with Gasteiger partial charge in [0.1, 0.15) is 0 Å². The van der Waals surface area contributed by atoms with E-state index in [4.69, 9.17) is 5.73 Å². The van der Waals surface area contributed by atoms with Crippen LogP contribution in [0.4, 0.5) is 49.6 Å². The second-order valence-electron chi connectivity index (χ2n) is 4.06. The van der Waals surface area contributed by atoms with Crippen LogP contribution in [-0.2, 0) is 5.92 Å². The minimum Gasteiger partial charge on any atom is -0.397 e. The largest absolute Gasteiger partial charge is 0.460 e. The molecule has 1 aromatic carbocycles. The van der Waals surface area contributed by atoms with Crippen LogP contribution in [0.25, 0.3) is 0 Å². The molecule has 0 aliphatic rings. The van der Waals surface area contributed by atoms with Gasteiger partial charge in [0.15, 0.2) is 0 Å². The zero-order valence-corrected chi connectivity index (χ0v) is 12.7. The van der Waals surface area contributed by atoms with Crippen molar-refractivity contribution in [1.29, 1.82) is 0 Å². The number of rotatable bonds is 3. The Hall–Kier alpha value is -0.850. The fourth-order valence-corrected chi connectivity index (χ4v) is 2.59. The van der Waals surface area contributed by atoms with Crippen molar-refractivity contribution in [3.8, 4) is 0 Å². The molecule has 0 spiro atoms. The summed E-state index contributed by atoms with van der Waals surface area (Å²) in [6.45, 7) is 0. The molecule has 0 saturated carbocycles. The lowest BCUT2D eigenvalue weighted by Gasteiger charge is -2.29. The van der Waals surface area contributed by atoms with Crippen LogP contribution >= 0.6 is 27.7 Å². The van der Waals surface area contributed by atoms with Crippen molar-refractivity contribution in [3.63, 3.8) is 0 Å². The Balaban J connectivity index is 3.49. The molecule has 0 unspecified atom stereocenters. The summed E-state index contributed by atoms with van der Waals surface area (Å²) in [6.07, 6.45) is -6.61. The summed E-state index contributed by atoms with van der Waals surface area (Å²) in [7, 11) is 0. The van der Waals surface area contributed by atoms with Crippen molar-refractivity contribution in [2.24, 2.45) is 0 Å².